The van der Waals surface area contributed by atoms with Gasteiger partial charge in [0.25, 0.3) is 0 Å². The van der Waals surface area contributed by atoms with Gasteiger partial charge < -0.3 is 4.90 Å². The number of halogens is 5. The number of hydrogen-bond donors (Lipinski definition) is 0. The second kappa shape index (κ2) is 8.40. The summed E-state index contributed by atoms with van der Waals surface area (Å²) in [5.74, 6) is 0. The van der Waals surface area contributed by atoms with Crippen LogP contribution in [0.4, 0.5) is 13.2 Å². The van der Waals surface area contributed by atoms with E-state index in [2.05, 4.69) is 31.9 Å². The Morgan fingerprint density at radius 1 is 1.00 bits per heavy atom. The third-order valence-electron chi connectivity index (χ3n) is 2.27. The maximum Gasteiger partial charge on any atom is 0.425 e. The van der Waals surface area contributed by atoms with Gasteiger partial charge in [0.1, 0.15) is 9.09 Å². The van der Waals surface area contributed by atoms with Gasteiger partial charge in [-0.05, 0) is 44.7 Å². The van der Waals surface area contributed by atoms with Crippen LogP contribution >= 0.6 is 31.9 Å². The van der Waals surface area contributed by atoms with Crippen molar-refractivity contribution in [1.82, 2.24) is 4.90 Å². The molecular formula is C11H18Br2F3N. The molecule has 0 aromatic rings. The van der Waals surface area contributed by atoms with Gasteiger partial charge in [-0.15, -0.1) is 0 Å². The average Bonchev–Trinajstić information content (AvgIpc) is 2.26. The smallest absolute Gasteiger partial charge is 0.365 e. The van der Waals surface area contributed by atoms with E-state index in [4.69, 9.17) is 0 Å². The van der Waals surface area contributed by atoms with Crippen LogP contribution in [0.3, 0.4) is 0 Å². The van der Waals surface area contributed by atoms with Crippen LogP contribution in [0.1, 0.15) is 39.5 Å². The molecule has 0 aromatic heterocycles. The fraction of sp³-hybridized carbons (Fsp3) is 0.818. The summed E-state index contributed by atoms with van der Waals surface area (Å²) in [7, 11) is 0. The zero-order valence-electron chi connectivity index (χ0n) is 10.1. The van der Waals surface area contributed by atoms with Gasteiger partial charge in [0.05, 0.1) is 0 Å². The molecule has 0 spiro atoms. The predicted molar refractivity (Wildman–Crippen MR) is 72.3 cm³/mol. The Bertz CT molecular complexity index is 244. The van der Waals surface area contributed by atoms with Crippen molar-refractivity contribution in [2.24, 2.45) is 0 Å². The van der Waals surface area contributed by atoms with Gasteiger partial charge in [0.2, 0.25) is 0 Å². The van der Waals surface area contributed by atoms with Crippen molar-refractivity contribution in [2.45, 2.75) is 45.7 Å². The molecule has 0 aliphatic heterocycles. The van der Waals surface area contributed by atoms with Crippen LogP contribution in [0.25, 0.3) is 0 Å². The second-order valence-corrected chi connectivity index (χ2v) is 5.34. The summed E-state index contributed by atoms with van der Waals surface area (Å²) in [5, 5.41) is 0. The van der Waals surface area contributed by atoms with Gasteiger partial charge in [-0.1, -0.05) is 26.7 Å². The molecule has 0 aliphatic carbocycles. The van der Waals surface area contributed by atoms with Crippen molar-refractivity contribution in [2.75, 3.05) is 13.1 Å². The van der Waals surface area contributed by atoms with E-state index in [1.54, 1.807) is 4.90 Å². The molecule has 0 saturated carbocycles. The highest BCUT2D eigenvalue weighted by atomic mass is 79.9. The van der Waals surface area contributed by atoms with Crippen molar-refractivity contribution >= 4 is 31.9 Å². The van der Waals surface area contributed by atoms with Crippen LogP contribution in [0, 0.1) is 0 Å². The van der Waals surface area contributed by atoms with Gasteiger partial charge in [-0.3, -0.25) is 0 Å². The van der Waals surface area contributed by atoms with E-state index >= 15 is 0 Å². The molecule has 0 amide bonds. The third kappa shape index (κ3) is 6.70. The van der Waals surface area contributed by atoms with Crippen molar-refractivity contribution in [1.29, 1.82) is 0 Å². The number of nitrogens with zero attached hydrogens (tertiary/aromatic N) is 1. The largest absolute Gasteiger partial charge is 0.425 e. The van der Waals surface area contributed by atoms with Crippen LogP contribution in [-0.2, 0) is 0 Å². The van der Waals surface area contributed by atoms with Crippen LogP contribution in [-0.4, -0.2) is 24.2 Å². The molecule has 0 unspecified atom stereocenters. The number of rotatable bonds is 7. The Labute approximate surface area is 118 Å². The molecule has 0 radical (unpaired) electrons. The summed E-state index contributed by atoms with van der Waals surface area (Å²) < 4.78 is 37.0. The maximum atomic E-state index is 12.5. The van der Waals surface area contributed by atoms with Gasteiger partial charge >= 0.3 is 6.18 Å². The summed E-state index contributed by atoms with van der Waals surface area (Å²) in [4.78, 5) is 1.74. The zero-order chi connectivity index (χ0) is 13.5. The van der Waals surface area contributed by atoms with Gasteiger partial charge in [-0.25, -0.2) is 0 Å². The minimum Gasteiger partial charge on any atom is -0.365 e. The average molecular weight is 381 g/mol. The Morgan fingerprint density at radius 3 is 1.71 bits per heavy atom. The van der Waals surface area contributed by atoms with E-state index in [1.807, 2.05) is 13.8 Å². The molecule has 0 fully saturated rings. The van der Waals surface area contributed by atoms with Gasteiger partial charge in [-0.2, -0.15) is 13.2 Å². The molecule has 0 bridgehead atoms. The summed E-state index contributed by atoms with van der Waals surface area (Å²) in [5.41, 5.74) is 0. The molecule has 0 rings (SSSR count). The first-order valence-electron chi connectivity index (χ1n) is 5.72. The molecule has 17 heavy (non-hydrogen) atoms. The van der Waals surface area contributed by atoms with E-state index in [0.29, 0.717) is 13.1 Å². The Balaban J connectivity index is 4.76. The van der Waals surface area contributed by atoms with E-state index in [9.17, 15) is 13.2 Å². The highest BCUT2D eigenvalue weighted by Gasteiger charge is 2.35. The summed E-state index contributed by atoms with van der Waals surface area (Å²) in [6.07, 6.45) is -0.636. The first kappa shape index (κ1) is 17.3. The van der Waals surface area contributed by atoms with E-state index in [0.717, 1.165) is 25.7 Å². The van der Waals surface area contributed by atoms with E-state index < -0.39 is 10.7 Å². The zero-order valence-corrected chi connectivity index (χ0v) is 13.3. The molecule has 0 aromatic carbocycles. The number of unbranched alkanes of at least 4 members (excludes halogenated alkanes) is 2. The highest BCUT2D eigenvalue weighted by molar-refractivity contribution is 9.14. The predicted octanol–water partition coefficient (Wildman–Crippen LogP) is 5.41. The third-order valence-corrected chi connectivity index (χ3v) is 4.53. The van der Waals surface area contributed by atoms with Gasteiger partial charge in [0.15, 0.2) is 0 Å². The highest BCUT2D eigenvalue weighted by Crippen LogP contribution is 2.36. The lowest BCUT2D eigenvalue weighted by molar-refractivity contribution is -0.0840. The molecule has 1 nitrogen and oxygen atoms in total. The number of allylic oxidation sites excluding steroid dienone is 1. The van der Waals surface area contributed by atoms with Crippen molar-refractivity contribution < 1.29 is 13.2 Å². The second-order valence-electron chi connectivity index (χ2n) is 3.80. The molecule has 0 aliphatic rings. The van der Waals surface area contributed by atoms with Crippen LogP contribution in [0.5, 0.6) is 0 Å². The lowest BCUT2D eigenvalue weighted by Gasteiger charge is -2.25. The number of alkyl halides is 3. The molecule has 6 heteroatoms. The van der Waals surface area contributed by atoms with Crippen LogP contribution < -0.4 is 0 Å². The van der Waals surface area contributed by atoms with Crippen LogP contribution in [0.2, 0.25) is 0 Å². The molecule has 0 N–H and O–H groups in total. The lowest BCUT2D eigenvalue weighted by atomic mass is 10.3. The Kier molecular flexibility index (Phi) is 8.55. The Morgan fingerprint density at radius 2 is 1.41 bits per heavy atom. The standard InChI is InChI=1S/C11H18Br2F3N/c1-3-5-7-17(8-6-4-2)10(13)9(12)11(14,15)16/h3-8H2,1-2H3/b10-9-. The summed E-state index contributed by atoms with van der Waals surface area (Å²) in [6, 6.07) is 0. The monoisotopic (exact) mass is 379 g/mol. The first-order valence-corrected chi connectivity index (χ1v) is 7.30. The minimum absolute atomic E-state index is 0.104. The molecule has 102 valence electrons. The lowest BCUT2D eigenvalue weighted by Crippen LogP contribution is -2.26. The fourth-order valence-electron chi connectivity index (χ4n) is 1.26. The van der Waals surface area contributed by atoms with E-state index in [1.165, 1.54) is 0 Å². The molecule has 0 atom stereocenters. The first-order chi connectivity index (χ1) is 7.84. The van der Waals surface area contributed by atoms with E-state index in [-0.39, 0.29) is 4.61 Å². The molecule has 0 heterocycles. The fourth-order valence-corrected chi connectivity index (χ4v) is 2.09. The summed E-state index contributed by atoms with van der Waals surface area (Å²) in [6.45, 7) is 5.33. The normalized spacial score (nSPS) is 13.6. The van der Waals surface area contributed by atoms with Crippen molar-refractivity contribution in [3.8, 4) is 0 Å². The van der Waals surface area contributed by atoms with Crippen molar-refractivity contribution in [3.05, 3.63) is 9.09 Å². The summed E-state index contributed by atoms with van der Waals surface area (Å²) >= 11 is 5.66. The van der Waals surface area contributed by atoms with Crippen LogP contribution in [0.15, 0.2) is 9.09 Å². The van der Waals surface area contributed by atoms with Crippen molar-refractivity contribution in [3.63, 3.8) is 0 Å². The quantitative estimate of drug-likeness (QED) is 0.533. The molecule has 0 saturated heterocycles. The molecular weight excluding hydrogens is 363 g/mol. The Hall–Kier alpha value is 0.290. The topological polar surface area (TPSA) is 3.24 Å². The minimum atomic E-state index is -4.34. The van der Waals surface area contributed by atoms with Gasteiger partial charge in [0, 0.05) is 13.1 Å². The number of hydrogen-bond acceptors (Lipinski definition) is 1. The SMILES string of the molecule is CCCCN(CCCC)/C(Br)=C(\Br)C(F)(F)F. The maximum absolute atomic E-state index is 12.5.